The number of carbonyl (C=O) groups is 1. The molecule has 0 aliphatic heterocycles. The Labute approximate surface area is 306 Å². The topological polar surface area (TPSA) is 69.6 Å². The quantitative estimate of drug-likeness (QED) is 0.0445. The van der Waals surface area contributed by atoms with Crippen molar-refractivity contribution < 1.29 is 15.0 Å². The van der Waals surface area contributed by atoms with Crippen LogP contribution in [0.4, 0.5) is 0 Å². The van der Waals surface area contributed by atoms with Crippen LogP contribution in [0, 0.1) is 0 Å². The minimum Gasteiger partial charge on any atom is -0.394 e. The van der Waals surface area contributed by atoms with Crippen LogP contribution in [-0.2, 0) is 4.79 Å². The number of hydrogen-bond acceptors (Lipinski definition) is 3. The number of carbonyl (C=O) groups excluding carboxylic acids is 1. The van der Waals surface area contributed by atoms with Gasteiger partial charge in [0.1, 0.15) is 0 Å². The zero-order chi connectivity index (χ0) is 35.7. The summed E-state index contributed by atoms with van der Waals surface area (Å²) in [5.74, 6) is -0.0664. The molecule has 2 unspecified atom stereocenters. The van der Waals surface area contributed by atoms with Crippen molar-refractivity contribution in [3.8, 4) is 0 Å². The van der Waals surface area contributed by atoms with Gasteiger partial charge < -0.3 is 15.5 Å². The van der Waals surface area contributed by atoms with Crippen LogP contribution >= 0.6 is 0 Å². The van der Waals surface area contributed by atoms with Crippen LogP contribution in [0.2, 0.25) is 0 Å². The summed E-state index contributed by atoms with van der Waals surface area (Å²) >= 11 is 0. The Hall–Kier alpha value is -1.39. The lowest BCUT2D eigenvalue weighted by atomic mass is 10.0. The van der Waals surface area contributed by atoms with Gasteiger partial charge in [-0.3, -0.25) is 4.79 Å². The fourth-order valence-corrected chi connectivity index (χ4v) is 6.50. The molecule has 0 aromatic heterocycles. The molecule has 1 amide bonds. The highest BCUT2D eigenvalue weighted by Crippen LogP contribution is 2.15. The summed E-state index contributed by atoms with van der Waals surface area (Å²) in [6.45, 7) is 4.30. The van der Waals surface area contributed by atoms with E-state index in [0.717, 1.165) is 32.1 Å². The third-order valence-corrected chi connectivity index (χ3v) is 9.87. The van der Waals surface area contributed by atoms with Crippen molar-refractivity contribution in [1.82, 2.24) is 5.32 Å². The van der Waals surface area contributed by atoms with Crippen molar-refractivity contribution in [2.45, 2.75) is 238 Å². The predicted octanol–water partition coefficient (Wildman–Crippen LogP) is 13.4. The number of allylic oxidation sites excluding steroid dienone is 5. The van der Waals surface area contributed by atoms with E-state index in [1.165, 1.54) is 173 Å². The second-order valence-electron chi connectivity index (χ2n) is 14.8. The molecule has 0 aliphatic rings. The number of unbranched alkanes of at least 4 members (excludes halogenated alkanes) is 28. The van der Waals surface area contributed by atoms with Gasteiger partial charge in [0.2, 0.25) is 5.91 Å². The van der Waals surface area contributed by atoms with Crippen LogP contribution in [0.5, 0.6) is 0 Å². The average Bonchev–Trinajstić information content (AvgIpc) is 3.10. The van der Waals surface area contributed by atoms with Gasteiger partial charge in [-0.15, -0.1) is 0 Å². The zero-order valence-electron chi connectivity index (χ0n) is 33.0. The molecule has 49 heavy (non-hydrogen) atoms. The summed E-state index contributed by atoms with van der Waals surface area (Å²) in [7, 11) is 0. The molecular formula is C45H85NO3. The Kier molecular flexibility index (Phi) is 39.9. The Morgan fingerprint density at radius 3 is 1.22 bits per heavy atom. The largest absolute Gasteiger partial charge is 0.394 e. The summed E-state index contributed by atoms with van der Waals surface area (Å²) in [5, 5.41) is 23.0. The van der Waals surface area contributed by atoms with E-state index in [2.05, 4.69) is 43.5 Å². The summed E-state index contributed by atoms with van der Waals surface area (Å²) < 4.78 is 0. The standard InChI is InChI=1S/C45H85NO3/c1-3-5-7-9-11-13-15-17-19-20-21-22-23-24-25-26-27-29-31-33-35-37-39-41-45(49)46-43(42-47)44(48)40-38-36-34-32-30-28-18-16-14-12-10-8-6-4-2/h15,17,20-21,38,40,43-44,47-48H,3-14,16,18-19,22-37,39,41-42H2,1-2H3,(H,46,49)/b17-15-,21-20-,40-38+. The third-order valence-electron chi connectivity index (χ3n) is 9.87. The maximum Gasteiger partial charge on any atom is 0.220 e. The summed E-state index contributed by atoms with van der Waals surface area (Å²) in [5.41, 5.74) is 0. The molecule has 4 heteroatoms. The van der Waals surface area contributed by atoms with Gasteiger partial charge in [0.15, 0.2) is 0 Å². The summed E-state index contributed by atoms with van der Waals surface area (Å²) in [6.07, 6.45) is 53.9. The van der Waals surface area contributed by atoms with Gasteiger partial charge in [-0.25, -0.2) is 0 Å². The minimum atomic E-state index is -0.838. The summed E-state index contributed by atoms with van der Waals surface area (Å²) in [6, 6.07) is -0.621. The minimum absolute atomic E-state index is 0.0664. The highest BCUT2D eigenvalue weighted by molar-refractivity contribution is 5.76. The molecule has 0 fully saturated rings. The lowest BCUT2D eigenvalue weighted by Gasteiger charge is -2.20. The molecule has 4 nitrogen and oxygen atoms in total. The molecule has 0 saturated heterocycles. The molecule has 3 N–H and O–H groups in total. The zero-order valence-corrected chi connectivity index (χ0v) is 33.0. The molecule has 0 aromatic rings. The molecule has 2 atom stereocenters. The Morgan fingerprint density at radius 1 is 0.490 bits per heavy atom. The maximum atomic E-state index is 12.4. The van der Waals surface area contributed by atoms with E-state index >= 15 is 0 Å². The van der Waals surface area contributed by atoms with Crippen molar-refractivity contribution >= 4 is 5.91 Å². The molecule has 0 rings (SSSR count). The number of nitrogens with one attached hydrogen (secondary N) is 1. The van der Waals surface area contributed by atoms with Crippen molar-refractivity contribution in [2.24, 2.45) is 0 Å². The predicted molar refractivity (Wildman–Crippen MR) is 216 cm³/mol. The van der Waals surface area contributed by atoms with Gasteiger partial charge in [-0.05, 0) is 51.4 Å². The van der Waals surface area contributed by atoms with Gasteiger partial charge in [0.25, 0.3) is 0 Å². The van der Waals surface area contributed by atoms with Crippen LogP contribution < -0.4 is 5.32 Å². The SMILES string of the molecule is CCCCCCC/C=C\C/C=C\CCCCCCCCCCCCCC(=O)NC(CO)C(O)/C=C/CCCCCCCCCCCCCC. The van der Waals surface area contributed by atoms with Gasteiger partial charge in [0.05, 0.1) is 18.8 Å². The number of rotatable bonds is 39. The van der Waals surface area contributed by atoms with Crippen molar-refractivity contribution in [3.05, 3.63) is 36.5 Å². The highest BCUT2D eigenvalue weighted by Gasteiger charge is 2.17. The normalized spacial score (nSPS) is 13.3. The first kappa shape index (κ1) is 47.6. The smallest absolute Gasteiger partial charge is 0.220 e. The second kappa shape index (κ2) is 41.0. The van der Waals surface area contributed by atoms with Crippen LogP contribution in [0.1, 0.15) is 226 Å². The van der Waals surface area contributed by atoms with Crippen LogP contribution in [0.3, 0.4) is 0 Å². The van der Waals surface area contributed by atoms with E-state index in [1.807, 2.05) is 6.08 Å². The molecule has 288 valence electrons. The van der Waals surface area contributed by atoms with Crippen molar-refractivity contribution in [2.75, 3.05) is 6.61 Å². The van der Waals surface area contributed by atoms with Crippen LogP contribution in [-0.4, -0.2) is 34.9 Å². The van der Waals surface area contributed by atoms with Crippen molar-refractivity contribution in [3.63, 3.8) is 0 Å². The van der Waals surface area contributed by atoms with Gasteiger partial charge in [-0.1, -0.05) is 204 Å². The second-order valence-corrected chi connectivity index (χ2v) is 14.8. The molecule has 0 heterocycles. The number of hydrogen-bond donors (Lipinski definition) is 3. The van der Waals surface area contributed by atoms with E-state index in [1.54, 1.807) is 6.08 Å². The van der Waals surface area contributed by atoms with Crippen molar-refractivity contribution in [1.29, 1.82) is 0 Å². The van der Waals surface area contributed by atoms with Gasteiger partial charge in [0, 0.05) is 6.42 Å². The average molecular weight is 688 g/mol. The molecule has 0 bridgehead atoms. The number of amides is 1. The van der Waals surface area contributed by atoms with E-state index < -0.39 is 12.1 Å². The Bertz CT molecular complexity index is 746. The summed E-state index contributed by atoms with van der Waals surface area (Å²) in [4.78, 5) is 12.4. The van der Waals surface area contributed by atoms with Gasteiger partial charge >= 0.3 is 0 Å². The monoisotopic (exact) mass is 688 g/mol. The first-order chi connectivity index (χ1) is 24.2. The first-order valence-corrected chi connectivity index (χ1v) is 21.7. The van der Waals surface area contributed by atoms with E-state index in [9.17, 15) is 15.0 Å². The molecule has 0 saturated carbocycles. The lowest BCUT2D eigenvalue weighted by molar-refractivity contribution is -0.123. The van der Waals surface area contributed by atoms with E-state index in [-0.39, 0.29) is 12.5 Å². The number of aliphatic hydroxyl groups excluding tert-OH is 2. The molecule has 0 radical (unpaired) electrons. The highest BCUT2D eigenvalue weighted by atomic mass is 16.3. The molecule has 0 aliphatic carbocycles. The van der Waals surface area contributed by atoms with Gasteiger partial charge in [-0.2, -0.15) is 0 Å². The fourth-order valence-electron chi connectivity index (χ4n) is 6.50. The molecule has 0 aromatic carbocycles. The molecular weight excluding hydrogens is 602 g/mol. The van der Waals surface area contributed by atoms with Crippen LogP contribution in [0.25, 0.3) is 0 Å². The maximum absolute atomic E-state index is 12.4. The lowest BCUT2D eigenvalue weighted by Crippen LogP contribution is -2.45. The Balaban J connectivity index is 3.55. The van der Waals surface area contributed by atoms with E-state index in [4.69, 9.17) is 0 Å². The fraction of sp³-hybridized carbons (Fsp3) is 0.844. The molecule has 0 spiro atoms. The first-order valence-electron chi connectivity index (χ1n) is 21.7. The third kappa shape index (κ3) is 37.7. The Morgan fingerprint density at radius 2 is 0.837 bits per heavy atom. The van der Waals surface area contributed by atoms with E-state index in [0.29, 0.717) is 6.42 Å². The van der Waals surface area contributed by atoms with Crippen LogP contribution in [0.15, 0.2) is 36.5 Å². The number of aliphatic hydroxyl groups is 2.